The average molecular weight is 154 g/mol. The lowest BCUT2D eigenvalue weighted by Gasteiger charge is -2.41. The summed E-state index contributed by atoms with van der Waals surface area (Å²) in [6.07, 6.45) is 1.39. The lowest BCUT2D eigenvalue weighted by Crippen LogP contribution is -2.51. The van der Waals surface area contributed by atoms with Gasteiger partial charge < -0.3 is 4.90 Å². The first-order valence-corrected chi connectivity index (χ1v) is 4.68. The van der Waals surface area contributed by atoms with E-state index in [0.717, 1.165) is 12.0 Å². The zero-order valence-corrected chi connectivity index (χ0v) is 7.58. The maximum absolute atomic E-state index is 2.63. The van der Waals surface area contributed by atoms with Crippen molar-refractivity contribution in [1.29, 1.82) is 0 Å². The van der Waals surface area contributed by atoms with Crippen molar-refractivity contribution < 1.29 is 0 Å². The van der Waals surface area contributed by atoms with Crippen molar-refractivity contribution in [3.63, 3.8) is 0 Å². The van der Waals surface area contributed by atoms with Crippen LogP contribution in [0.4, 0.5) is 0 Å². The van der Waals surface area contributed by atoms with Crippen LogP contribution in [0, 0.1) is 5.92 Å². The Morgan fingerprint density at radius 1 is 1.18 bits per heavy atom. The van der Waals surface area contributed by atoms with Gasteiger partial charge in [-0.1, -0.05) is 6.92 Å². The van der Waals surface area contributed by atoms with Gasteiger partial charge in [-0.05, 0) is 25.9 Å². The van der Waals surface area contributed by atoms with Gasteiger partial charge in [0.1, 0.15) is 0 Å². The highest BCUT2D eigenvalue weighted by Gasteiger charge is 2.32. The lowest BCUT2D eigenvalue weighted by molar-refractivity contribution is 0.0669. The van der Waals surface area contributed by atoms with Crippen LogP contribution < -0.4 is 0 Å². The summed E-state index contributed by atoms with van der Waals surface area (Å²) in [6.45, 7) is 7.63. The summed E-state index contributed by atoms with van der Waals surface area (Å²) in [4.78, 5) is 5.07. The molecule has 2 rings (SSSR count). The molecular weight excluding hydrogens is 136 g/mol. The summed E-state index contributed by atoms with van der Waals surface area (Å²) in [6, 6.07) is 0.885. The molecule has 1 atom stereocenters. The quantitative estimate of drug-likeness (QED) is 0.547. The smallest absolute Gasteiger partial charge is 0.0235 e. The fraction of sp³-hybridized carbons (Fsp3) is 1.00. The van der Waals surface area contributed by atoms with Crippen LogP contribution in [0.3, 0.4) is 0 Å². The van der Waals surface area contributed by atoms with E-state index in [1.54, 1.807) is 0 Å². The zero-order valence-electron chi connectivity index (χ0n) is 7.58. The van der Waals surface area contributed by atoms with E-state index < -0.39 is 0 Å². The summed E-state index contributed by atoms with van der Waals surface area (Å²) >= 11 is 0. The minimum atomic E-state index is 0.885. The topological polar surface area (TPSA) is 6.48 Å². The van der Waals surface area contributed by atoms with Crippen LogP contribution in [0.1, 0.15) is 13.3 Å². The van der Waals surface area contributed by atoms with Crippen molar-refractivity contribution in [3.8, 4) is 0 Å². The van der Waals surface area contributed by atoms with Crippen molar-refractivity contribution >= 4 is 0 Å². The van der Waals surface area contributed by atoms with Gasteiger partial charge in [-0.2, -0.15) is 0 Å². The Hall–Kier alpha value is -0.0800. The largest absolute Gasteiger partial charge is 0.305 e. The molecule has 0 N–H and O–H groups in total. The van der Waals surface area contributed by atoms with E-state index in [4.69, 9.17) is 0 Å². The van der Waals surface area contributed by atoms with E-state index in [9.17, 15) is 0 Å². The first kappa shape index (κ1) is 7.56. The Labute approximate surface area is 69.2 Å². The summed E-state index contributed by atoms with van der Waals surface area (Å²) in [5.74, 6) is 0.959. The third kappa shape index (κ3) is 1.42. The van der Waals surface area contributed by atoms with E-state index in [0.29, 0.717) is 0 Å². The molecule has 2 fully saturated rings. The van der Waals surface area contributed by atoms with Crippen LogP contribution in [0.5, 0.6) is 0 Å². The van der Waals surface area contributed by atoms with Gasteiger partial charge in [-0.15, -0.1) is 0 Å². The number of rotatable bonds is 1. The zero-order chi connectivity index (χ0) is 7.84. The van der Waals surface area contributed by atoms with Crippen LogP contribution in [-0.4, -0.2) is 49.1 Å². The Balaban J connectivity index is 1.79. The molecule has 1 unspecified atom stereocenters. The minimum absolute atomic E-state index is 0.885. The first-order valence-electron chi connectivity index (χ1n) is 4.68. The second kappa shape index (κ2) is 2.76. The number of hydrogen-bond acceptors (Lipinski definition) is 2. The molecule has 2 saturated heterocycles. The number of hydrogen-bond donors (Lipinski definition) is 0. The highest BCUT2D eigenvalue weighted by Crippen LogP contribution is 2.22. The Kier molecular flexibility index (Phi) is 1.90. The minimum Gasteiger partial charge on any atom is -0.305 e. The Morgan fingerprint density at radius 2 is 1.91 bits per heavy atom. The first-order chi connectivity index (χ1) is 5.25. The van der Waals surface area contributed by atoms with Crippen molar-refractivity contribution in [1.82, 2.24) is 9.80 Å². The molecule has 64 valence electrons. The maximum atomic E-state index is 2.63. The molecule has 2 nitrogen and oxygen atoms in total. The van der Waals surface area contributed by atoms with E-state index in [1.165, 1.54) is 32.6 Å². The Bertz CT molecular complexity index is 140. The SMILES string of the molecule is CC1CN(C2CCN(C)C2)C1. The fourth-order valence-electron chi connectivity index (χ4n) is 2.26. The van der Waals surface area contributed by atoms with Crippen LogP contribution in [0.25, 0.3) is 0 Å². The molecular formula is C9H18N2. The predicted molar refractivity (Wildman–Crippen MR) is 46.6 cm³/mol. The van der Waals surface area contributed by atoms with Crippen LogP contribution >= 0.6 is 0 Å². The van der Waals surface area contributed by atoms with E-state index in [1.807, 2.05) is 0 Å². The molecule has 2 heteroatoms. The van der Waals surface area contributed by atoms with Crippen molar-refractivity contribution in [3.05, 3.63) is 0 Å². The monoisotopic (exact) mass is 154 g/mol. The van der Waals surface area contributed by atoms with Gasteiger partial charge in [-0.25, -0.2) is 0 Å². The van der Waals surface area contributed by atoms with E-state index in [2.05, 4.69) is 23.8 Å². The van der Waals surface area contributed by atoms with Crippen molar-refractivity contribution in [2.45, 2.75) is 19.4 Å². The van der Waals surface area contributed by atoms with Gasteiger partial charge in [0.05, 0.1) is 0 Å². The molecule has 2 aliphatic heterocycles. The third-order valence-corrected chi connectivity index (χ3v) is 2.98. The average Bonchev–Trinajstić information content (AvgIpc) is 2.29. The molecule has 2 heterocycles. The third-order valence-electron chi connectivity index (χ3n) is 2.98. The van der Waals surface area contributed by atoms with Gasteiger partial charge in [0.25, 0.3) is 0 Å². The molecule has 0 bridgehead atoms. The van der Waals surface area contributed by atoms with E-state index in [-0.39, 0.29) is 0 Å². The predicted octanol–water partition coefficient (Wildman–Crippen LogP) is 0.642. The second-order valence-corrected chi connectivity index (χ2v) is 4.26. The number of likely N-dealkylation sites (tertiary alicyclic amines) is 2. The fourth-order valence-corrected chi connectivity index (χ4v) is 2.26. The molecule has 0 amide bonds. The van der Waals surface area contributed by atoms with Gasteiger partial charge in [0.2, 0.25) is 0 Å². The van der Waals surface area contributed by atoms with Crippen LogP contribution in [-0.2, 0) is 0 Å². The van der Waals surface area contributed by atoms with Crippen LogP contribution in [0.15, 0.2) is 0 Å². The second-order valence-electron chi connectivity index (χ2n) is 4.26. The molecule has 0 radical (unpaired) electrons. The standard InChI is InChI=1S/C9H18N2/c1-8-5-11(6-8)9-3-4-10(2)7-9/h8-9H,3-7H2,1-2H3. The highest BCUT2D eigenvalue weighted by atomic mass is 15.3. The molecule has 0 aliphatic carbocycles. The highest BCUT2D eigenvalue weighted by molar-refractivity contribution is 4.88. The van der Waals surface area contributed by atoms with Crippen molar-refractivity contribution in [2.24, 2.45) is 5.92 Å². The molecule has 0 aromatic carbocycles. The van der Waals surface area contributed by atoms with Crippen molar-refractivity contribution in [2.75, 3.05) is 33.2 Å². The molecule has 0 saturated carbocycles. The number of likely N-dealkylation sites (N-methyl/N-ethyl adjacent to an activating group) is 1. The summed E-state index contributed by atoms with van der Waals surface area (Å²) in [7, 11) is 2.23. The molecule has 0 aromatic rings. The van der Waals surface area contributed by atoms with Gasteiger partial charge in [-0.3, -0.25) is 4.90 Å². The van der Waals surface area contributed by atoms with Gasteiger partial charge in [0, 0.05) is 25.7 Å². The molecule has 0 spiro atoms. The Morgan fingerprint density at radius 3 is 2.36 bits per heavy atom. The van der Waals surface area contributed by atoms with E-state index >= 15 is 0 Å². The van der Waals surface area contributed by atoms with Gasteiger partial charge in [0.15, 0.2) is 0 Å². The van der Waals surface area contributed by atoms with Gasteiger partial charge >= 0.3 is 0 Å². The van der Waals surface area contributed by atoms with Crippen LogP contribution in [0.2, 0.25) is 0 Å². The molecule has 11 heavy (non-hydrogen) atoms. The summed E-state index contributed by atoms with van der Waals surface area (Å²) in [5, 5.41) is 0. The molecule has 2 aliphatic rings. The maximum Gasteiger partial charge on any atom is 0.0235 e. The normalized spacial score (nSPS) is 36.0. The molecule has 0 aromatic heterocycles. The number of nitrogens with zero attached hydrogens (tertiary/aromatic N) is 2. The summed E-state index contributed by atoms with van der Waals surface area (Å²) in [5.41, 5.74) is 0. The summed E-state index contributed by atoms with van der Waals surface area (Å²) < 4.78 is 0. The lowest BCUT2D eigenvalue weighted by atomic mass is 9.99.